The van der Waals surface area contributed by atoms with Crippen LogP contribution in [0, 0.1) is 0 Å². The Kier molecular flexibility index (Phi) is 6.00. The molecule has 30 heavy (non-hydrogen) atoms. The number of ether oxygens (including phenoxy) is 2. The van der Waals surface area contributed by atoms with E-state index in [1.807, 2.05) is 54.6 Å². The van der Waals surface area contributed by atoms with Gasteiger partial charge in [-0.1, -0.05) is 48.5 Å². The molecule has 1 atom stereocenters. The second-order valence-corrected chi connectivity index (χ2v) is 7.35. The van der Waals surface area contributed by atoms with E-state index in [0.717, 1.165) is 35.5 Å². The van der Waals surface area contributed by atoms with Crippen molar-refractivity contribution in [1.29, 1.82) is 0 Å². The van der Waals surface area contributed by atoms with Crippen molar-refractivity contribution in [2.24, 2.45) is 0 Å². The Morgan fingerprint density at radius 3 is 2.27 bits per heavy atom. The topological polar surface area (TPSA) is 50.8 Å². The molecule has 0 saturated carbocycles. The lowest BCUT2D eigenvalue weighted by Gasteiger charge is -2.37. The fourth-order valence-electron chi connectivity index (χ4n) is 4.10. The van der Waals surface area contributed by atoms with Crippen molar-refractivity contribution in [3.8, 4) is 11.5 Å². The summed E-state index contributed by atoms with van der Waals surface area (Å²) < 4.78 is 11.1. The lowest BCUT2D eigenvalue weighted by molar-refractivity contribution is -0.117. The van der Waals surface area contributed by atoms with E-state index in [1.54, 1.807) is 14.2 Å². The van der Waals surface area contributed by atoms with Gasteiger partial charge in [0, 0.05) is 12.2 Å². The largest absolute Gasteiger partial charge is 0.493 e. The molecule has 0 radical (unpaired) electrons. The Morgan fingerprint density at radius 2 is 1.60 bits per heavy atom. The van der Waals surface area contributed by atoms with Gasteiger partial charge in [-0.2, -0.15) is 0 Å². The summed E-state index contributed by atoms with van der Waals surface area (Å²) in [6.07, 6.45) is 0.845. The maximum absolute atomic E-state index is 12.8. The summed E-state index contributed by atoms with van der Waals surface area (Å²) in [5.41, 5.74) is 4.33. The summed E-state index contributed by atoms with van der Waals surface area (Å²) in [7, 11) is 3.30. The molecular formula is C25H26N2O3. The Morgan fingerprint density at radius 1 is 0.967 bits per heavy atom. The zero-order valence-corrected chi connectivity index (χ0v) is 17.3. The number of fused-ring (bicyclic) bond motifs is 1. The SMILES string of the molecule is COc1cc2c(cc1OC)C(c1ccccc1)N(CC(=O)Nc1ccccc1)CC2. The maximum atomic E-state index is 12.8. The number of methoxy groups -OCH3 is 2. The zero-order chi connectivity index (χ0) is 20.9. The van der Waals surface area contributed by atoms with E-state index in [-0.39, 0.29) is 11.9 Å². The Labute approximate surface area is 177 Å². The van der Waals surface area contributed by atoms with Crippen LogP contribution in [0.4, 0.5) is 5.69 Å². The average molecular weight is 402 g/mol. The molecule has 0 bridgehead atoms. The molecule has 154 valence electrons. The van der Waals surface area contributed by atoms with Crippen LogP contribution >= 0.6 is 0 Å². The highest BCUT2D eigenvalue weighted by atomic mass is 16.5. The summed E-state index contributed by atoms with van der Waals surface area (Å²) in [5.74, 6) is 1.41. The van der Waals surface area contributed by atoms with Crippen molar-refractivity contribution in [3.05, 3.63) is 89.5 Å². The third-order valence-corrected chi connectivity index (χ3v) is 5.49. The molecule has 5 nitrogen and oxygen atoms in total. The number of benzene rings is 3. The van der Waals surface area contributed by atoms with Gasteiger partial charge in [0.2, 0.25) is 5.91 Å². The van der Waals surface area contributed by atoms with Crippen LogP contribution in [-0.4, -0.2) is 38.1 Å². The lowest BCUT2D eigenvalue weighted by Crippen LogP contribution is -2.41. The summed E-state index contributed by atoms with van der Waals surface area (Å²) in [6.45, 7) is 1.09. The first-order valence-corrected chi connectivity index (χ1v) is 10.1. The molecule has 5 heteroatoms. The van der Waals surface area contributed by atoms with Crippen molar-refractivity contribution >= 4 is 11.6 Å². The number of rotatable bonds is 6. The molecule has 0 fully saturated rings. The predicted octanol–water partition coefficient (Wildman–Crippen LogP) is 4.29. The zero-order valence-electron chi connectivity index (χ0n) is 17.3. The molecule has 1 unspecified atom stereocenters. The number of carbonyl (C=O) groups excluding carboxylic acids is 1. The minimum atomic E-state index is -0.0312. The van der Waals surface area contributed by atoms with Gasteiger partial charge in [-0.05, 0) is 47.4 Å². The van der Waals surface area contributed by atoms with Crippen molar-refractivity contribution in [2.75, 3.05) is 32.6 Å². The highest BCUT2D eigenvalue weighted by Gasteiger charge is 2.31. The van der Waals surface area contributed by atoms with Gasteiger partial charge in [-0.3, -0.25) is 9.69 Å². The van der Waals surface area contributed by atoms with Gasteiger partial charge in [-0.25, -0.2) is 0 Å². The monoisotopic (exact) mass is 402 g/mol. The van der Waals surface area contributed by atoms with Gasteiger partial charge in [-0.15, -0.1) is 0 Å². The summed E-state index contributed by atoms with van der Waals surface area (Å²) in [6, 6.07) is 23.9. The molecule has 4 rings (SSSR count). The smallest absolute Gasteiger partial charge is 0.238 e. The minimum absolute atomic E-state index is 0.0222. The molecule has 1 amide bonds. The lowest BCUT2D eigenvalue weighted by atomic mass is 9.87. The molecule has 0 spiro atoms. The average Bonchev–Trinajstić information content (AvgIpc) is 2.79. The molecule has 1 heterocycles. The number of nitrogens with one attached hydrogen (secondary N) is 1. The van der Waals surface area contributed by atoms with E-state index in [9.17, 15) is 4.79 Å². The molecule has 0 saturated heterocycles. The summed E-state index contributed by atoms with van der Waals surface area (Å²) in [5, 5.41) is 3.00. The number of carbonyl (C=O) groups is 1. The van der Waals surface area contributed by atoms with E-state index < -0.39 is 0 Å². The van der Waals surface area contributed by atoms with Gasteiger partial charge in [0.1, 0.15) is 0 Å². The second-order valence-electron chi connectivity index (χ2n) is 7.35. The van der Waals surface area contributed by atoms with Crippen molar-refractivity contribution in [3.63, 3.8) is 0 Å². The highest BCUT2D eigenvalue weighted by Crippen LogP contribution is 2.40. The number of para-hydroxylation sites is 1. The van der Waals surface area contributed by atoms with E-state index in [0.29, 0.717) is 12.3 Å². The fraction of sp³-hybridized carbons (Fsp3) is 0.240. The van der Waals surface area contributed by atoms with Crippen LogP contribution in [0.15, 0.2) is 72.8 Å². The van der Waals surface area contributed by atoms with E-state index in [1.165, 1.54) is 5.56 Å². The van der Waals surface area contributed by atoms with Gasteiger partial charge < -0.3 is 14.8 Å². The normalized spacial score (nSPS) is 15.9. The Balaban J connectivity index is 1.66. The van der Waals surface area contributed by atoms with E-state index in [4.69, 9.17) is 9.47 Å². The molecule has 0 aliphatic carbocycles. The number of hydrogen-bond acceptors (Lipinski definition) is 4. The molecule has 3 aromatic carbocycles. The number of amides is 1. The number of nitrogens with zero attached hydrogens (tertiary/aromatic N) is 1. The minimum Gasteiger partial charge on any atom is -0.493 e. The predicted molar refractivity (Wildman–Crippen MR) is 118 cm³/mol. The number of anilines is 1. The first kappa shape index (κ1) is 20.0. The summed E-state index contributed by atoms with van der Waals surface area (Å²) in [4.78, 5) is 15.0. The van der Waals surface area contributed by atoms with Gasteiger partial charge in [0.05, 0.1) is 26.8 Å². The highest BCUT2D eigenvalue weighted by molar-refractivity contribution is 5.92. The Hall–Kier alpha value is -3.31. The number of hydrogen-bond donors (Lipinski definition) is 1. The van der Waals surface area contributed by atoms with Gasteiger partial charge in [0.25, 0.3) is 0 Å². The van der Waals surface area contributed by atoms with Crippen LogP contribution < -0.4 is 14.8 Å². The third kappa shape index (κ3) is 4.16. The van der Waals surface area contributed by atoms with E-state index >= 15 is 0 Å². The first-order chi connectivity index (χ1) is 14.7. The third-order valence-electron chi connectivity index (χ3n) is 5.49. The molecule has 3 aromatic rings. The second kappa shape index (κ2) is 9.01. The maximum Gasteiger partial charge on any atom is 0.238 e. The van der Waals surface area contributed by atoms with Crippen LogP contribution in [-0.2, 0) is 11.2 Å². The summed E-state index contributed by atoms with van der Waals surface area (Å²) >= 11 is 0. The molecule has 1 aliphatic rings. The molecule has 1 aliphatic heterocycles. The van der Waals surface area contributed by atoms with Crippen molar-refractivity contribution in [2.45, 2.75) is 12.5 Å². The first-order valence-electron chi connectivity index (χ1n) is 10.1. The fourth-order valence-corrected chi connectivity index (χ4v) is 4.10. The molecule has 0 aromatic heterocycles. The van der Waals surface area contributed by atoms with Gasteiger partial charge >= 0.3 is 0 Å². The van der Waals surface area contributed by atoms with Crippen LogP contribution in [0.25, 0.3) is 0 Å². The quantitative estimate of drug-likeness (QED) is 0.668. The van der Waals surface area contributed by atoms with Crippen LogP contribution in [0.2, 0.25) is 0 Å². The Bertz CT molecular complexity index is 1010. The van der Waals surface area contributed by atoms with Crippen LogP contribution in [0.3, 0.4) is 0 Å². The van der Waals surface area contributed by atoms with Crippen molar-refractivity contribution in [1.82, 2.24) is 4.90 Å². The van der Waals surface area contributed by atoms with Crippen molar-refractivity contribution < 1.29 is 14.3 Å². The van der Waals surface area contributed by atoms with Crippen LogP contribution in [0.5, 0.6) is 11.5 Å². The molecular weight excluding hydrogens is 376 g/mol. The van der Waals surface area contributed by atoms with Gasteiger partial charge in [0.15, 0.2) is 11.5 Å². The standard InChI is InChI=1S/C25H26N2O3/c1-29-22-15-19-13-14-27(17-24(28)26-20-11-7-4-8-12-20)25(18-9-5-3-6-10-18)21(19)16-23(22)30-2/h3-12,15-16,25H,13-14,17H2,1-2H3,(H,26,28). The molecule has 1 N–H and O–H groups in total. The van der Waals surface area contributed by atoms with Crippen LogP contribution in [0.1, 0.15) is 22.7 Å². The van der Waals surface area contributed by atoms with E-state index in [2.05, 4.69) is 28.4 Å².